The highest BCUT2D eigenvalue weighted by Crippen LogP contribution is 2.29. The van der Waals surface area contributed by atoms with Gasteiger partial charge < -0.3 is 9.64 Å². The number of rotatable bonds is 6. The number of carbonyl (C=O) groups excluding carboxylic acids is 2. The van der Waals surface area contributed by atoms with Crippen molar-refractivity contribution in [3.8, 4) is 5.75 Å². The molecule has 1 saturated heterocycles. The number of benzene rings is 2. The summed E-state index contributed by atoms with van der Waals surface area (Å²) in [4.78, 5) is 29.2. The molecule has 0 spiro atoms. The standard InChI is InChI=1S/C27H27NO3S/c1-19-5-3-6-20(17-19)18-24(25-7-4-16-32-25)27(30)28-14-12-22(13-15-28)26(29)21-8-10-23(31-2)11-9-21/h3-11,16-18,22H,12-15H2,1-2H3/b24-18+. The van der Waals surface area contributed by atoms with E-state index < -0.39 is 0 Å². The first kappa shape index (κ1) is 22.0. The zero-order valence-corrected chi connectivity index (χ0v) is 19.2. The summed E-state index contributed by atoms with van der Waals surface area (Å²) in [6.45, 7) is 3.22. The molecule has 0 bridgehead atoms. The van der Waals surface area contributed by atoms with E-state index >= 15 is 0 Å². The second-order valence-electron chi connectivity index (χ2n) is 8.11. The predicted molar refractivity (Wildman–Crippen MR) is 130 cm³/mol. The summed E-state index contributed by atoms with van der Waals surface area (Å²) in [5.41, 5.74) is 3.60. The van der Waals surface area contributed by atoms with Crippen molar-refractivity contribution in [3.63, 3.8) is 0 Å². The summed E-state index contributed by atoms with van der Waals surface area (Å²) >= 11 is 1.57. The number of ether oxygens (including phenoxy) is 1. The van der Waals surface area contributed by atoms with Crippen LogP contribution >= 0.6 is 11.3 Å². The number of aryl methyl sites for hydroxylation is 1. The Labute approximate surface area is 193 Å². The van der Waals surface area contributed by atoms with Crippen molar-refractivity contribution in [1.29, 1.82) is 0 Å². The van der Waals surface area contributed by atoms with Gasteiger partial charge in [-0.2, -0.15) is 0 Å². The van der Waals surface area contributed by atoms with Crippen LogP contribution in [0.1, 0.15) is 39.2 Å². The van der Waals surface area contributed by atoms with Crippen LogP contribution in [-0.2, 0) is 4.79 Å². The van der Waals surface area contributed by atoms with Crippen LogP contribution < -0.4 is 4.74 Å². The van der Waals surface area contributed by atoms with Crippen molar-refractivity contribution < 1.29 is 14.3 Å². The fraction of sp³-hybridized carbons (Fsp3) is 0.259. The molecule has 1 aromatic heterocycles. The number of carbonyl (C=O) groups is 2. The number of hydrogen-bond acceptors (Lipinski definition) is 4. The summed E-state index contributed by atoms with van der Waals surface area (Å²) in [6, 6.07) is 19.4. The average molecular weight is 446 g/mol. The molecule has 0 atom stereocenters. The number of hydrogen-bond donors (Lipinski definition) is 0. The third kappa shape index (κ3) is 5.00. The van der Waals surface area contributed by atoms with Crippen LogP contribution in [0.3, 0.4) is 0 Å². The molecule has 0 aliphatic carbocycles. The second-order valence-corrected chi connectivity index (χ2v) is 9.06. The summed E-state index contributed by atoms with van der Waals surface area (Å²) in [7, 11) is 1.61. The lowest BCUT2D eigenvalue weighted by Gasteiger charge is -2.32. The van der Waals surface area contributed by atoms with E-state index in [-0.39, 0.29) is 17.6 Å². The normalized spacial score (nSPS) is 14.9. The Kier molecular flexibility index (Phi) is 6.86. The molecule has 1 fully saturated rings. The highest BCUT2D eigenvalue weighted by molar-refractivity contribution is 7.11. The largest absolute Gasteiger partial charge is 0.497 e. The zero-order valence-electron chi connectivity index (χ0n) is 18.4. The highest BCUT2D eigenvalue weighted by Gasteiger charge is 2.29. The number of methoxy groups -OCH3 is 1. The number of ketones is 1. The summed E-state index contributed by atoms with van der Waals surface area (Å²) in [6.07, 6.45) is 3.34. The minimum atomic E-state index is -0.0571. The Morgan fingerprint density at radius 3 is 2.41 bits per heavy atom. The van der Waals surface area contributed by atoms with Gasteiger partial charge in [0.1, 0.15) is 5.75 Å². The minimum Gasteiger partial charge on any atom is -0.497 e. The van der Waals surface area contributed by atoms with Crippen LogP contribution in [0.4, 0.5) is 0 Å². The van der Waals surface area contributed by atoms with E-state index in [0.29, 0.717) is 37.1 Å². The molecule has 1 aliphatic rings. The molecular formula is C27H27NO3S. The fourth-order valence-corrected chi connectivity index (χ4v) is 4.84. The molecule has 2 heterocycles. The molecule has 1 aliphatic heterocycles. The van der Waals surface area contributed by atoms with Crippen molar-refractivity contribution in [2.45, 2.75) is 19.8 Å². The molecule has 0 unspecified atom stereocenters. The van der Waals surface area contributed by atoms with Crippen molar-refractivity contribution in [2.24, 2.45) is 5.92 Å². The summed E-state index contributed by atoms with van der Waals surface area (Å²) in [5.74, 6) is 0.861. The Hall–Kier alpha value is -3.18. The molecule has 0 N–H and O–H groups in total. The molecular weight excluding hydrogens is 418 g/mol. The number of piperidine rings is 1. The van der Waals surface area contributed by atoms with E-state index in [0.717, 1.165) is 21.8 Å². The molecule has 0 radical (unpaired) electrons. The van der Waals surface area contributed by atoms with Crippen LogP contribution in [0.2, 0.25) is 0 Å². The Balaban J connectivity index is 1.47. The maximum absolute atomic E-state index is 13.5. The number of likely N-dealkylation sites (tertiary alicyclic amines) is 1. The molecule has 4 rings (SSSR count). The van der Waals surface area contributed by atoms with Gasteiger partial charge in [-0.1, -0.05) is 35.9 Å². The van der Waals surface area contributed by atoms with Gasteiger partial charge in [0.2, 0.25) is 0 Å². The molecule has 32 heavy (non-hydrogen) atoms. The quantitative estimate of drug-likeness (QED) is 0.360. The lowest BCUT2D eigenvalue weighted by atomic mass is 9.88. The number of nitrogens with zero attached hydrogens (tertiary/aromatic N) is 1. The van der Waals surface area contributed by atoms with Gasteiger partial charge in [-0.3, -0.25) is 9.59 Å². The highest BCUT2D eigenvalue weighted by atomic mass is 32.1. The Morgan fingerprint density at radius 2 is 1.78 bits per heavy atom. The van der Waals surface area contributed by atoms with Gasteiger partial charge >= 0.3 is 0 Å². The van der Waals surface area contributed by atoms with E-state index in [1.165, 1.54) is 0 Å². The Morgan fingerprint density at radius 1 is 1.03 bits per heavy atom. The molecule has 4 nitrogen and oxygen atoms in total. The summed E-state index contributed by atoms with van der Waals surface area (Å²) in [5, 5.41) is 1.99. The van der Waals surface area contributed by atoms with Gasteiger partial charge in [0, 0.05) is 29.4 Å². The van der Waals surface area contributed by atoms with Gasteiger partial charge in [-0.05, 0) is 67.1 Å². The van der Waals surface area contributed by atoms with Crippen molar-refractivity contribution >= 4 is 34.7 Å². The number of thiophene rings is 1. The van der Waals surface area contributed by atoms with Crippen LogP contribution in [-0.4, -0.2) is 36.8 Å². The smallest absolute Gasteiger partial charge is 0.255 e. The SMILES string of the molecule is COc1ccc(C(=O)C2CCN(C(=O)/C(=C/c3cccc(C)c3)c3cccs3)CC2)cc1. The lowest BCUT2D eigenvalue weighted by Crippen LogP contribution is -2.40. The van der Waals surface area contributed by atoms with Crippen LogP contribution in [0.15, 0.2) is 66.0 Å². The van der Waals surface area contributed by atoms with Gasteiger partial charge in [0.05, 0.1) is 12.7 Å². The van der Waals surface area contributed by atoms with Gasteiger partial charge in [0.25, 0.3) is 5.91 Å². The molecule has 164 valence electrons. The first-order chi connectivity index (χ1) is 15.5. The molecule has 1 amide bonds. The van der Waals surface area contributed by atoms with Crippen LogP contribution in [0.25, 0.3) is 11.6 Å². The molecule has 5 heteroatoms. The first-order valence-electron chi connectivity index (χ1n) is 10.8. The third-order valence-corrected chi connectivity index (χ3v) is 6.80. The van der Waals surface area contributed by atoms with E-state index in [4.69, 9.17) is 4.74 Å². The van der Waals surface area contributed by atoms with Gasteiger partial charge in [-0.25, -0.2) is 0 Å². The monoisotopic (exact) mass is 445 g/mol. The number of amides is 1. The zero-order chi connectivity index (χ0) is 22.5. The van der Waals surface area contributed by atoms with E-state index in [1.54, 1.807) is 18.4 Å². The lowest BCUT2D eigenvalue weighted by molar-refractivity contribution is -0.126. The fourth-order valence-electron chi connectivity index (χ4n) is 4.10. The first-order valence-corrected chi connectivity index (χ1v) is 11.7. The third-order valence-electron chi connectivity index (χ3n) is 5.90. The maximum atomic E-state index is 13.5. The van der Waals surface area contributed by atoms with Gasteiger partial charge in [0.15, 0.2) is 5.78 Å². The molecule has 2 aromatic carbocycles. The minimum absolute atomic E-state index is 0.0318. The maximum Gasteiger partial charge on any atom is 0.255 e. The van der Waals surface area contributed by atoms with Crippen molar-refractivity contribution in [1.82, 2.24) is 4.90 Å². The van der Waals surface area contributed by atoms with E-state index in [1.807, 2.05) is 64.9 Å². The van der Waals surface area contributed by atoms with Crippen LogP contribution in [0, 0.1) is 12.8 Å². The Bertz CT molecular complexity index is 1110. The topological polar surface area (TPSA) is 46.6 Å². The van der Waals surface area contributed by atoms with Crippen LogP contribution in [0.5, 0.6) is 5.75 Å². The van der Waals surface area contributed by atoms with Gasteiger partial charge in [-0.15, -0.1) is 11.3 Å². The van der Waals surface area contributed by atoms with Crippen molar-refractivity contribution in [2.75, 3.05) is 20.2 Å². The molecule has 3 aromatic rings. The predicted octanol–water partition coefficient (Wildman–Crippen LogP) is 5.73. The number of Topliss-reactive ketones (excluding diaryl/α,β-unsaturated/α-hetero) is 1. The summed E-state index contributed by atoms with van der Waals surface area (Å²) < 4.78 is 5.18. The van der Waals surface area contributed by atoms with Crippen molar-refractivity contribution in [3.05, 3.63) is 87.6 Å². The second kappa shape index (κ2) is 9.96. The van der Waals surface area contributed by atoms with E-state index in [2.05, 4.69) is 19.1 Å². The van der Waals surface area contributed by atoms with E-state index in [9.17, 15) is 9.59 Å². The molecule has 0 saturated carbocycles. The average Bonchev–Trinajstić information content (AvgIpc) is 3.36.